The van der Waals surface area contributed by atoms with Crippen molar-refractivity contribution < 1.29 is 9.53 Å². The van der Waals surface area contributed by atoms with E-state index in [2.05, 4.69) is 10.1 Å². The molecule has 2 heterocycles. The fourth-order valence-electron chi connectivity index (χ4n) is 2.25. The van der Waals surface area contributed by atoms with Crippen molar-refractivity contribution in [1.29, 1.82) is 0 Å². The molecule has 0 amide bonds. The molecule has 0 atom stereocenters. The van der Waals surface area contributed by atoms with E-state index in [-0.39, 0.29) is 0 Å². The van der Waals surface area contributed by atoms with Crippen molar-refractivity contribution >= 4 is 11.6 Å². The number of rotatable bonds is 3. The summed E-state index contributed by atoms with van der Waals surface area (Å²) in [4.78, 5) is 16.4. The summed E-state index contributed by atoms with van der Waals surface area (Å²) in [6.07, 6.45) is 1.51. The highest BCUT2D eigenvalue weighted by molar-refractivity contribution is 5.96. The molecule has 1 aromatic carbocycles. The molecular weight excluding hydrogens is 266 g/mol. The summed E-state index contributed by atoms with van der Waals surface area (Å²) in [7, 11) is 0. The van der Waals surface area contributed by atoms with Gasteiger partial charge >= 0.3 is 5.97 Å². The molecule has 0 fully saturated rings. The maximum atomic E-state index is 12.0. The number of hydrogen-bond donors (Lipinski definition) is 0. The van der Waals surface area contributed by atoms with Gasteiger partial charge in [0, 0.05) is 11.3 Å². The molecule has 2 aromatic heterocycles. The summed E-state index contributed by atoms with van der Waals surface area (Å²) in [6.45, 7) is 4.00. The van der Waals surface area contributed by atoms with Gasteiger partial charge in [-0.2, -0.15) is 5.10 Å². The second-order valence-electron chi connectivity index (χ2n) is 4.66. The van der Waals surface area contributed by atoms with Gasteiger partial charge in [-0.1, -0.05) is 30.3 Å². The molecule has 0 saturated heterocycles. The van der Waals surface area contributed by atoms with Gasteiger partial charge in [0.1, 0.15) is 5.56 Å². The number of fused-ring (bicyclic) bond motifs is 1. The third-order valence-corrected chi connectivity index (χ3v) is 3.16. The van der Waals surface area contributed by atoms with Gasteiger partial charge in [0.25, 0.3) is 0 Å². The number of nitrogens with zero attached hydrogens (tertiary/aromatic N) is 3. The first-order chi connectivity index (χ1) is 10.2. The summed E-state index contributed by atoms with van der Waals surface area (Å²) in [5.74, 6) is -0.399. The van der Waals surface area contributed by atoms with Crippen molar-refractivity contribution in [3.63, 3.8) is 0 Å². The summed E-state index contributed by atoms with van der Waals surface area (Å²) < 4.78 is 6.72. The third kappa shape index (κ3) is 2.38. The fourth-order valence-corrected chi connectivity index (χ4v) is 2.25. The van der Waals surface area contributed by atoms with Crippen LogP contribution < -0.4 is 0 Å². The molecule has 0 radical (unpaired) electrons. The minimum atomic E-state index is -0.399. The lowest BCUT2D eigenvalue weighted by atomic mass is 10.1. The molecule has 21 heavy (non-hydrogen) atoms. The molecule has 0 bridgehead atoms. The molecular formula is C16H15N3O2. The number of benzene rings is 1. The molecule has 106 valence electrons. The number of aryl methyl sites for hydroxylation is 1. The average molecular weight is 281 g/mol. The van der Waals surface area contributed by atoms with Crippen LogP contribution in [0.15, 0.2) is 42.6 Å². The summed E-state index contributed by atoms with van der Waals surface area (Å²) in [5.41, 5.74) is 3.65. The molecule has 0 N–H and O–H groups in total. The van der Waals surface area contributed by atoms with Crippen LogP contribution in [0.25, 0.3) is 16.9 Å². The van der Waals surface area contributed by atoms with Gasteiger partial charge in [-0.05, 0) is 19.9 Å². The molecule has 0 aliphatic heterocycles. The van der Waals surface area contributed by atoms with E-state index in [1.165, 1.54) is 6.20 Å². The van der Waals surface area contributed by atoms with Gasteiger partial charge in [0.2, 0.25) is 0 Å². The zero-order valence-electron chi connectivity index (χ0n) is 11.9. The van der Waals surface area contributed by atoms with E-state index in [0.29, 0.717) is 17.8 Å². The highest BCUT2D eigenvalue weighted by atomic mass is 16.5. The predicted molar refractivity (Wildman–Crippen MR) is 79.1 cm³/mol. The van der Waals surface area contributed by atoms with Crippen LogP contribution in [0.1, 0.15) is 23.0 Å². The second-order valence-corrected chi connectivity index (χ2v) is 4.66. The maximum absolute atomic E-state index is 12.0. The Kier molecular flexibility index (Phi) is 3.39. The molecule has 0 saturated carbocycles. The topological polar surface area (TPSA) is 56.5 Å². The van der Waals surface area contributed by atoms with Gasteiger partial charge in [-0.3, -0.25) is 0 Å². The highest BCUT2D eigenvalue weighted by Crippen LogP contribution is 2.22. The lowest BCUT2D eigenvalue weighted by Crippen LogP contribution is -2.06. The number of esters is 1. The first-order valence-corrected chi connectivity index (χ1v) is 6.78. The van der Waals surface area contributed by atoms with Crippen LogP contribution in [-0.2, 0) is 4.74 Å². The van der Waals surface area contributed by atoms with Crippen molar-refractivity contribution in [2.24, 2.45) is 0 Å². The molecule has 0 spiro atoms. The van der Waals surface area contributed by atoms with E-state index in [1.54, 1.807) is 11.4 Å². The van der Waals surface area contributed by atoms with Crippen molar-refractivity contribution in [1.82, 2.24) is 14.6 Å². The Morgan fingerprint density at radius 3 is 2.76 bits per heavy atom. The van der Waals surface area contributed by atoms with Gasteiger partial charge in [-0.25, -0.2) is 14.3 Å². The number of ether oxygens (including phenoxy) is 1. The van der Waals surface area contributed by atoms with Crippen molar-refractivity contribution in [2.45, 2.75) is 13.8 Å². The summed E-state index contributed by atoms with van der Waals surface area (Å²) in [5, 5.41) is 4.29. The van der Waals surface area contributed by atoms with Gasteiger partial charge in [0.15, 0.2) is 5.65 Å². The highest BCUT2D eigenvalue weighted by Gasteiger charge is 2.17. The molecule has 0 aliphatic rings. The Morgan fingerprint density at radius 1 is 1.29 bits per heavy atom. The molecule has 0 unspecified atom stereocenters. The first kappa shape index (κ1) is 13.3. The fraction of sp³-hybridized carbons (Fsp3) is 0.188. The van der Waals surface area contributed by atoms with Crippen LogP contribution in [0.5, 0.6) is 0 Å². The SMILES string of the molecule is CCOC(=O)c1cnn2c(-c3ccccc3)cc(C)nc12. The number of carbonyl (C=O) groups excluding carboxylic acids is 1. The number of aromatic nitrogens is 3. The zero-order valence-corrected chi connectivity index (χ0v) is 11.9. The quantitative estimate of drug-likeness (QED) is 0.693. The largest absolute Gasteiger partial charge is 0.462 e. The standard InChI is InChI=1S/C16H15N3O2/c1-3-21-16(20)13-10-17-19-14(9-11(2)18-15(13)19)12-7-5-4-6-8-12/h4-10H,3H2,1-2H3. The van der Waals surface area contributed by atoms with Crippen LogP contribution in [0.2, 0.25) is 0 Å². The molecule has 0 aliphatic carbocycles. The summed E-state index contributed by atoms with van der Waals surface area (Å²) in [6, 6.07) is 11.8. The lowest BCUT2D eigenvalue weighted by Gasteiger charge is -2.07. The van der Waals surface area contributed by atoms with Crippen LogP contribution in [0.3, 0.4) is 0 Å². The monoisotopic (exact) mass is 281 g/mol. The van der Waals surface area contributed by atoms with E-state index in [1.807, 2.05) is 43.3 Å². The minimum Gasteiger partial charge on any atom is -0.462 e. The smallest absolute Gasteiger partial charge is 0.343 e. The average Bonchev–Trinajstić information content (AvgIpc) is 2.91. The van der Waals surface area contributed by atoms with Crippen molar-refractivity contribution in [3.8, 4) is 11.3 Å². The Bertz CT molecular complexity index is 794. The molecule has 5 nitrogen and oxygen atoms in total. The van der Waals surface area contributed by atoms with E-state index in [9.17, 15) is 4.79 Å². The van der Waals surface area contributed by atoms with Crippen LogP contribution in [0.4, 0.5) is 0 Å². The van der Waals surface area contributed by atoms with Crippen LogP contribution in [0, 0.1) is 6.92 Å². The normalized spacial score (nSPS) is 10.8. The van der Waals surface area contributed by atoms with Crippen molar-refractivity contribution in [3.05, 3.63) is 53.9 Å². The predicted octanol–water partition coefficient (Wildman–Crippen LogP) is 2.88. The Hall–Kier alpha value is -2.69. The summed E-state index contributed by atoms with van der Waals surface area (Å²) >= 11 is 0. The number of carbonyl (C=O) groups is 1. The van der Waals surface area contributed by atoms with E-state index in [0.717, 1.165) is 17.0 Å². The lowest BCUT2D eigenvalue weighted by molar-refractivity contribution is 0.0528. The molecule has 5 heteroatoms. The maximum Gasteiger partial charge on any atom is 0.343 e. The van der Waals surface area contributed by atoms with Crippen LogP contribution >= 0.6 is 0 Å². The Labute approximate surface area is 122 Å². The Morgan fingerprint density at radius 2 is 2.05 bits per heavy atom. The second kappa shape index (κ2) is 5.36. The zero-order chi connectivity index (χ0) is 14.8. The van der Waals surface area contributed by atoms with Gasteiger partial charge in [0.05, 0.1) is 18.5 Å². The van der Waals surface area contributed by atoms with Crippen LogP contribution in [-0.4, -0.2) is 27.2 Å². The van der Waals surface area contributed by atoms with Crippen molar-refractivity contribution in [2.75, 3.05) is 6.61 Å². The number of hydrogen-bond acceptors (Lipinski definition) is 4. The van der Waals surface area contributed by atoms with E-state index >= 15 is 0 Å². The van der Waals surface area contributed by atoms with E-state index < -0.39 is 5.97 Å². The Balaban J connectivity index is 2.22. The van der Waals surface area contributed by atoms with E-state index in [4.69, 9.17) is 4.74 Å². The van der Waals surface area contributed by atoms with Gasteiger partial charge < -0.3 is 4.74 Å². The molecule has 3 rings (SSSR count). The molecule has 3 aromatic rings. The first-order valence-electron chi connectivity index (χ1n) is 6.78. The minimum absolute atomic E-state index is 0.327. The third-order valence-electron chi connectivity index (χ3n) is 3.16. The van der Waals surface area contributed by atoms with Gasteiger partial charge in [-0.15, -0.1) is 0 Å².